The molecule has 0 bridgehead atoms. The van der Waals surface area contributed by atoms with Crippen LogP contribution in [0.3, 0.4) is 0 Å². The first-order chi connectivity index (χ1) is 8.53. The summed E-state index contributed by atoms with van der Waals surface area (Å²) in [5.41, 5.74) is 2.52. The van der Waals surface area contributed by atoms with E-state index in [0.29, 0.717) is 5.69 Å². The predicted molar refractivity (Wildman–Crippen MR) is 69.8 cm³/mol. The lowest BCUT2D eigenvalue weighted by Gasteiger charge is -2.04. The minimum absolute atomic E-state index is 0.138. The number of aryl methyl sites for hydroxylation is 1. The van der Waals surface area contributed by atoms with E-state index in [1.54, 1.807) is 11.3 Å². The van der Waals surface area contributed by atoms with Gasteiger partial charge in [-0.3, -0.25) is 0 Å². The van der Waals surface area contributed by atoms with Gasteiger partial charge in [-0.25, -0.2) is 13.1 Å². The van der Waals surface area contributed by atoms with Crippen LogP contribution >= 0.6 is 11.3 Å². The van der Waals surface area contributed by atoms with E-state index in [2.05, 4.69) is 9.71 Å². The monoisotopic (exact) mass is 286 g/mol. The van der Waals surface area contributed by atoms with Crippen LogP contribution in [0.15, 0.2) is 27.9 Å². The van der Waals surface area contributed by atoms with Gasteiger partial charge in [0.2, 0.25) is 10.0 Å². The van der Waals surface area contributed by atoms with Crippen molar-refractivity contribution in [2.24, 2.45) is 0 Å². The minimum Gasteiger partial charge on any atom is -0.390 e. The molecule has 2 heterocycles. The van der Waals surface area contributed by atoms with Gasteiger partial charge >= 0.3 is 0 Å². The number of sulfonamides is 1. The van der Waals surface area contributed by atoms with Crippen LogP contribution in [0.5, 0.6) is 0 Å². The average Bonchev–Trinajstić information content (AvgIpc) is 2.95. The minimum atomic E-state index is -3.53. The second-order valence-corrected chi connectivity index (χ2v) is 6.43. The molecule has 2 aromatic rings. The lowest BCUT2D eigenvalue weighted by Crippen LogP contribution is -2.22. The molecule has 2 aromatic heterocycles. The Morgan fingerprint density at radius 1 is 1.44 bits per heavy atom. The zero-order chi connectivity index (χ0) is 13.2. The highest BCUT2D eigenvalue weighted by Crippen LogP contribution is 2.15. The number of aromatic amines is 1. The third-order valence-electron chi connectivity index (χ3n) is 2.61. The van der Waals surface area contributed by atoms with Crippen molar-refractivity contribution in [3.63, 3.8) is 0 Å². The number of rotatable bonds is 5. The molecule has 3 N–H and O–H groups in total. The highest BCUT2D eigenvalue weighted by molar-refractivity contribution is 7.89. The van der Waals surface area contributed by atoms with Gasteiger partial charge in [-0.2, -0.15) is 11.3 Å². The molecule has 2 rings (SSSR count). The Labute approximate surface area is 110 Å². The van der Waals surface area contributed by atoms with Crippen molar-refractivity contribution in [1.29, 1.82) is 0 Å². The normalized spacial score (nSPS) is 11.9. The van der Waals surface area contributed by atoms with E-state index in [0.717, 1.165) is 11.1 Å². The van der Waals surface area contributed by atoms with Crippen LogP contribution < -0.4 is 4.72 Å². The maximum atomic E-state index is 12.0. The Morgan fingerprint density at radius 3 is 2.78 bits per heavy atom. The first-order valence-corrected chi connectivity index (χ1v) is 7.75. The molecule has 0 amide bonds. The quantitative estimate of drug-likeness (QED) is 0.776. The topological polar surface area (TPSA) is 82.2 Å². The Hall–Kier alpha value is -1.15. The van der Waals surface area contributed by atoms with E-state index >= 15 is 0 Å². The fourth-order valence-corrected chi connectivity index (χ4v) is 3.37. The molecule has 0 aromatic carbocycles. The molecule has 18 heavy (non-hydrogen) atoms. The summed E-state index contributed by atoms with van der Waals surface area (Å²) in [7, 11) is -3.53. The van der Waals surface area contributed by atoms with Gasteiger partial charge in [-0.05, 0) is 34.9 Å². The van der Waals surface area contributed by atoms with Gasteiger partial charge < -0.3 is 10.1 Å². The maximum absolute atomic E-state index is 12.0. The summed E-state index contributed by atoms with van der Waals surface area (Å²) >= 11 is 1.55. The molecule has 5 nitrogen and oxygen atoms in total. The smallest absolute Gasteiger partial charge is 0.242 e. The third-order valence-corrected chi connectivity index (χ3v) is 4.90. The molecular weight excluding hydrogens is 272 g/mol. The number of nitrogens with one attached hydrogen (secondary N) is 2. The Bertz CT molecular complexity index is 628. The SMILES string of the molecule is Cc1cscc1CNS(=O)(=O)c1c[nH]c(CO)c1. The summed E-state index contributed by atoms with van der Waals surface area (Å²) in [5.74, 6) is 0. The molecule has 0 atom stereocenters. The molecule has 0 aliphatic carbocycles. The summed E-state index contributed by atoms with van der Waals surface area (Å²) in [6.07, 6.45) is 1.37. The van der Waals surface area contributed by atoms with Crippen LogP contribution in [0, 0.1) is 6.92 Å². The summed E-state index contributed by atoms with van der Waals surface area (Å²) in [6, 6.07) is 1.42. The number of thiophene rings is 1. The number of aliphatic hydroxyl groups is 1. The van der Waals surface area contributed by atoms with E-state index < -0.39 is 10.0 Å². The summed E-state index contributed by atoms with van der Waals surface area (Å²) in [6.45, 7) is 2.01. The first kappa shape index (κ1) is 13.3. The molecule has 0 fully saturated rings. The van der Waals surface area contributed by atoms with Crippen molar-refractivity contribution in [3.8, 4) is 0 Å². The fourth-order valence-electron chi connectivity index (χ4n) is 1.49. The van der Waals surface area contributed by atoms with Gasteiger partial charge in [0.25, 0.3) is 0 Å². The van der Waals surface area contributed by atoms with Crippen LogP contribution in [0.4, 0.5) is 0 Å². The molecule has 0 aliphatic rings. The van der Waals surface area contributed by atoms with Crippen molar-refractivity contribution < 1.29 is 13.5 Å². The zero-order valence-electron chi connectivity index (χ0n) is 9.80. The number of hydrogen-bond donors (Lipinski definition) is 3. The lowest BCUT2D eigenvalue weighted by atomic mass is 10.2. The highest BCUT2D eigenvalue weighted by Gasteiger charge is 2.16. The van der Waals surface area contributed by atoms with Gasteiger partial charge in [0.15, 0.2) is 0 Å². The van der Waals surface area contributed by atoms with Crippen LogP contribution in [0.25, 0.3) is 0 Å². The number of H-pyrrole nitrogens is 1. The maximum Gasteiger partial charge on any atom is 0.242 e. The summed E-state index contributed by atoms with van der Waals surface area (Å²) < 4.78 is 26.5. The van der Waals surface area contributed by atoms with Crippen LogP contribution in [0.2, 0.25) is 0 Å². The van der Waals surface area contributed by atoms with E-state index in [1.807, 2.05) is 17.7 Å². The highest BCUT2D eigenvalue weighted by atomic mass is 32.2. The van der Waals surface area contributed by atoms with E-state index in [1.165, 1.54) is 12.3 Å². The molecule has 0 saturated carbocycles. The van der Waals surface area contributed by atoms with Crippen LogP contribution in [-0.2, 0) is 23.2 Å². The van der Waals surface area contributed by atoms with Crippen molar-refractivity contribution in [2.45, 2.75) is 25.0 Å². The van der Waals surface area contributed by atoms with Crippen molar-refractivity contribution >= 4 is 21.4 Å². The van der Waals surface area contributed by atoms with Crippen molar-refractivity contribution in [3.05, 3.63) is 39.8 Å². The zero-order valence-corrected chi connectivity index (χ0v) is 11.4. The second-order valence-electron chi connectivity index (χ2n) is 3.92. The van der Waals surface area contributed by atoms with Gasteiger partial charge in [-0.1, -0.05) is 0 Å². The molecule has 7 heteroatoms. The Kier molecular flexibility index (Phi) is 3.86. The number of hydrogen-bond acceptors (Lipinski definition) is 4. The largest absolute Gasteiger partial charge is 0.390 e. The van der Waals surface area contributed by atoms with E-state index in [4.69, 9.17) is 5.11 Å². The summed E-state index contributed by atoms with van der Waals surface area (Å²) in [5, 5.41) is 12.8. The van der Waals surface area contributed by atoms with Gasteiger partial charge in [-0.15, -0.1) is 0 Å². The fraction of sp³-hybridized carbons (Fsp3) is 0.273. The third kappa shape index (κ3) is 2.81. The van der Waals surface area contributed by atoms with Crippen molar-refractivity contribution in [1.82, 2.24) is 9.71 Å². The van der Waals surface area contributed by atoms with Crippen LogP contribution in [-0.4, -0.2) is 18.5 Å². The molecule has 0 saturated heterocycles. The molecule has 0 spiro atoms. The molecule has 0 radical (unpaired) electrons. The van der Waals surface area contributed by atoms with Crippen molar-refractivity contribution in [2.75, 3.05) is 0 Å². The van der Waals surface area contributed by atoms with E-state index in [9.17, 15) is 8.42 Å². The molecular formula is C11H14N2O3S2. The average molecular weight is 286 g/mol. The molecule has 0 aliphatic heterocycles. The Morgan fingerprint density at radius 2 is 2.22 bits per heavy atom. The second kappa shape index (κ2) is 5.23. The predicted octanol–water partition coefficient (Wildman–Crippen LogP) is 1.36. The number of aliphatic hydroxyl groups excluding tert-OH is 1. The summed E-state index contributed by atoms with van der Waals surface area (Å²) in [4.78, 5) is 2.84. The molecule has 98 valence electrons. The van der Waals surface area contributed by atoms with Crippen LogP contribution in [0.1, 0.15) is 16.8 Å². The van der Waals surface area contributed by atoms with Gasteiger partial charge in [0.1, 0.15) is 0 Å². The number of aromatic nitrogens is 1. The first-order valence-electron chi connectivity index (χ1n) is 5.32. The Balaban J connectivity index is 2.10. The molecule has 0 unspecified atom stereocenters. The lowest BCUT2D eigenvalue weighted by molar-refractivity contribution is 0.277. The van der Waals surface area contributed by atoms with Gasteiger partial charge in [0, 0.05) is 18.4 Å². The van der Waals surface area contributed by atoms with Gasteiger partial charge in [0.05, 0.1) is 11.5 Å². The van der Waals surface area contributed by atoms with E-state index in [-0.39, 0.29) is 18.0 Å². The standard InChI is InChI=1S/C11H14N2O3S2/c1-8-6-17-7-9(8)3-13-18(15,16)11-2-10(5-14)12-4-11/h2,4,6-7,12-14H,3,5H2,1H3.